The van der Waals surface area contributed by atoms with Gasteiger partial charge in [-0.1, -0.05) is 293 Å². The van der Waals surface area contributed by atoms with Crippen molar-refractivity contribution in [3.8, 4) is 0 Å². The lowest BCUT2D eigenvalue weighted by Crippen LogP contribution is -2.30. The van der Waals surface area contributed by atoms with Crippen LogP contribution in [-0.4, -0.2) is 96.7 Å². The van der Waals surface area contributed by atoms with Gasteiger partial charge in [0.1, 0.15) is 19.3 Å². The summed E-state index contributed by atoms with van der Waals surface area (Å²) in [5.41, 5.74) is 0. The van der Waals surface area contributed by atoms with Crippen LogP contribution in [0.4, 0.5) is 0 Å². The molecule has 0 aliphatic heterocycles. The number of hydrogen-bond acceptors (Lipinski definition) is 15. The summed E-state index contributed by atoms with van der Waals surface area (Å²) in [6.45, 7) is 4.33. The first-order valence-corrected chi connectivity index (χ1v) is 44.0. The summed E-state index contributed by atoms with van der Waals surface area (Å²) >= 11 is 0. The molecule has 108 heavy (non-hydrogen) atoms. The van der Waals surface area contributed by atoms with Gasteiger partial charge in [-0.2, -0.15) is 0 Å². The van der Waals surface area contributed by atoms with Gasteiger partial charge >= 0.3 is 39.5 Å². The Bertz CT molecular complexity index is 2760. The van der Waals surface area contributed by atoms with E-state index < -0.39 is 97.5 Å². The maximum Gasteiger partial charge on any atom is 0.472 e. The van der Waals surface area contributed by atoms with Crippen LogP contribution in [0.1, 0.15) is 297 Å². The summed E-state index contributed by atoms with van der Waals surface area (Å²) in [4.78, 5) is 73.1. The smallest absolute Gasteiger partial charge is 0.462 e. The molecule has 0 heterocycles. The second-order valence-corrected chi connectivity index (χ2v) is 29.5. The molecule has 17 nitrogen and oxygen atoms in total. The van der Waals surface area contributed by atoms with Crippen molar-refractivity contribution in [1.29, 1.82) is 0 Å². The average Bonchev–Trinajstić information content (AvgIpc) is 0.907. The van der Waals surface area contributed by atoms with E-state index in [0.717, 1.165) is 199 Å². The minimum absolute atomic E-state index is 0.0626. The molecule has 19 heteroatoms. The van der Waals surface area contributed by atoms with Crippen molar-refractivity contribution in [3.05, 3.63) is 182 Å². The number of carbonyl (C=O) groups is 4. The van der Waals surface area contributed by atoms with Gasteiger partial charge in [-0.25, -0.2) is 9.13 Å². The lowest BCUT2D eigenvalue weighted by molar-refractivity contribution is -0.161. The number of ether oxygens (including phenoxy) is 4. The molecule has 0 aromatic heterocycles. The van der Waals surface area contributed by atoms with Crippen molar-refractivity contribution >= 4 is 39.5 Å². The van der Waals surface area contributed by atoms with Crippen LogP contribution < -0.4 is 0 Å². The summed E-state index contributed by atoms with van der Waals surface area (Å²) in [7, 11) is -10.0. The molecular weight excluding hydrogens is 1400 g/mol. The van der Waals surface area contributed by atoms with E-state index in [-0.39, 0.29) is 25.7 Å². The molecule has 612 valence electrons. The zero-order valence-electron chi connectivity index (χ0n) is 66.9. The van der Waals surface area contributed by atoms with Gasteiger partial charge in [-0.05, 0) is 161 Å². The van der Waals surface area contributed by atoms with Crippen molar-refractivity contribution in [2.45, 2.75) is 316 Å². The second kappa shape index (κ2) is 79.3. The average molecular weight is 1550 g/mol. The number of allylic oxidation sites excluding steroid dienone is 29. The van der Waals surface area contributed by atoms with E-state index in [9.17, 15) is 43.2 Å². The predicted octanol–water partition coefficient (Wildman–Crippen LogP) is 24.3. The minimum Gasteiger partial charge on any atom is -0.462 e. The first kappa shape index (κ1) is 102. The summed E-state index contributed by atoms with van der Waals surface area (Å²) < 4.78 is 68.5. The van der Waals surface area contributed by atoms with Crippen LogP contribution in [0.5, 0.6) is 0 Å². The Morgan fingerprint density at radius 2 is 0.519 bits per heavy atom. The van der Waals surface area contributed by atoms with E-state index in [1.807, 2.05) is 12.2 Å². The SMILES string of the molecule is CC/C=C\C/C=C\C/C=C\C/C=C\C/C=C\CC(=O)OC(COC(=O)CCCCCCCC/C=C\C/C=C\C/C=C\CCCCC)COP(=O)(O)OCC(O)COP(=O)(O)OCC(COC(=O)CCCCCCCC/C=C\C/C=C\C/C=C\C/C=C\CC)OC(=O)CCCCCCC/C=C\C/C=C\C/C=C\CC. The maximum atomic E-state index is 13.1. The highest BCUT2D eigenvalue weighted by atomic mass is 31.2. The lowest BCUT2D eigenvalue weighted by atomic mass is 10.1. The number of aliphatic hydroxyl groups is 1. The predicted molar refractivity (Wildman–Crippen MR) is 445 cm³/mol. The number of esters is 4. The zero-order valence-corrected chi connectivity index (χ0v) is 68.7. The molecule has 0 spiro atoms. The van der Waals surface area contributed by atoms with Gasteiger partial charge in [0.2, 0.25) is 0 Å². The number of aliphatic hydroxyl groups excluding tert-OH is 1. The standard InChI is InChI=1S/C89H144O17P2/c1-5-9-13-17-21-25-29-33-37-39-41-43-47-49-53-57-61-65-69-73-86(91)99-79-84(105-88(93)75-71-67-63-59-55-51-45-35-31-27-23-19-15-11-7-3)81-103-107(95,96)101-77-83(90)78-102-108(97,98)104-82-85(106-89(94)76-72-68-64-60-56-52-46-36-32-28-24-20-16-12-8-4)80-100-87(92)74-70-66-62-58-54-50-48-44-42-40-38-34-30-26-22-18-14-10-6-2/h9,11-13,15-16,21-28,33-38,41-46,56,60,68,72,83-85,90H,5-8,10,14,17-20,29-32,39-40,47-55,57-59,61-67,69-71,73-82H2,1-4H3,(H,95,96)(H,97,98)/b13-9-,15-11-,16-12-,25-21-,26-22-,27-23-,28-24-,37-33-,38-34-,43-41-,44-42-,45-35-,46-36-,60-56-,72-68-. The largest absolute Gasteiger partial charge is 0.472 e. The molecule has 0 bridgehead atoms. The van der Waals surface area contributed by atoms with Crippen LogP contribution in [0.2, 0.25) is 0 Å². The Hall–Kier alpha value is -5.84. The summed E-state index contributed by atoms with van der Waals surface area (Å²) in [6.07, 6.45) is 96.1. The number of unbranched alkanes of at least 4 members (excludes halogenated alkanes) is 20. The van der Waals surface area contributed by atoms with Gasteiger partial charge in [0, 0.05) is 19.3 Å². The molecule has 5 unspecified atom stereocenters. The van der Waals surface area contributed by atoms with Crippen molar-refractivity contribution < 1.29 is 80.2 Å². The normalized spacial score (nSPS) is 14.8. The molecule has 0 aliphatic carbocycles. The van der Waals surface area contributed by atoms with E-state index in [1.54, 1.807) is 12.2 Å². The Morgan fingerprint density at radius 1 is 0.278 bits per heavy atom. The molecule has 0 amide bonds. The fraction of sp³-hybridized carbons (Fsp3) is 0.618. The van der Waals surface area contributed by atoms with Gasteiger partial charge in [-0.15, -0.1) is 0 Å². The number of phosphoric ester groups is 2. The van der Waals surface area contributed by atoms with Gasteiger partial charge in [-0.3, -0.25) is 37.3 Å². The van der Waals surface area contributed by atoms with Gasteiger partial charge in [0.25, 0.3) is 0 Å². The fourth-order valence-corrected chi connectivity index (χ4v) is 11.8. The first-order valence-electron chi connectivity index (χ1n) is 41.0. The molecule has 5 atom stereocenters. The van der Waals surface area contributed by atoms with Crippen molar-refractivity contribution in [2.24, 2.45) is 0 Å². The third-order valence-corrected chi connectivity index (χ3v) is 18.3. The van der Waals surface area contributed by atoms with Crippen LogP contribution in [-0.2, 0) is 65.4 Å². The van der Waals surface area contributed by atoms with Crippen LogP contribution in [0, 0.1) is 0 Å². The van der Waals surface area contributed by atoms with E-state index in [4.69, 9.17) is 37.0 Å². The van der Waals surface area contributed by atoms with E-state index >= 15 is 0 Å². The Balaban J connectivity index is 5.47. The molecule has 0 aromatic carbocycles. The summed E-state index contributed by atoms with van der Waals surface area (Å²) in [5.74, 6) is -2.38. The summed E-state index contributed by atoms with van der Waals surface area (Å²) in [6, 6.07) is 0. The van der Waals surface area contributed by atoms with E-state index in [2.05, 4.69) is 186 Å². The lowest BCUT2D eigenvalue weighted by Gasteiger charge is -2.21. The van der Waals surface area contributed by atoms with Crippen LogP contribution in [0.25, 0.3) is 0 Å². The molecule has 0 aliphatic rings. The van der Waals surface area contributed by atoms with E-state index in [1.165, 1.54) is 19.3 Å². The van der Waals surface area contributed by atoms with Gasteiger partial charge < -0.3 is 33.8 Å². The molecule has 0 saturated heterocycles. The van der Waals surface area contributed by atoms with Crippen LogP contribution in [0.15, 0.2) is 182 Å². The Morgan fingerprint density at radius 3 is 0.824 bits per heavy atom. The highest BCUT2D eigenvalue weighted by Crippen LogP contribution is 2.45. The molecule has 0 saturated carbocycles. The molecule has 0 aromatic rings. The van der Waals surface area contributed by atoms with Crippen molar-refractivity contribution in [3.63, 3.8) is 0 Å². The van der Waals surface area contributed by atoms with Gasteiger partial charge in [0.05, 0.1) is 32.8 Å². The number of rotatable bonds is 75. The van der Waals surface area contributed by atoms with Crippen LogP contribution >= 0.6 is 15.6 Å². The number of phosphoric acid groups is 2. The molecule has 3 N–H and O–H groups in total. The second-order valence-electron chi connectivity index (χ2n) is 26.6. The van der Waals surface area contributed by atoms with Crippen molar-refractivity contribution in [1.82, 2.24) is 0 Å². The minimum atomic E-state index is -5.02. The Kier molecular flexibility index (Phi) is 75.0. The Labute approximate surface area is 654 Å². The van der Waals surface area contributed by atoms with Gasteiger partial charge in [0.15, 0.2) is 12.2 Å². The highest BCUT2D eigenvalue weighted by Gasteiger charge is 2.30. The molecule has 0 rings (SSSR count). The van der Waals surface area contributed by atoms with E-state index in [0.29, 0.717) is 25.7 Å². The number of hydrogen-bond donors (Lipinski definition) is 3. The molecule has 0 radical (unpaired) electrons. The third-order valence-electron chi connectivity index (χ3n) is 16.4. The summed E-state index contributed by atoms with van der Waals surface area (Å²) in [5, 5.41) is 10.7. The maximum absolute atomic E-state index is 13.1. The topological polar surface area (TPSA) is 237 Å². The first-order chi connectivity index (χ1) is 52.7. The van der Waals surface area contributed by atoms with Crippen LogP contribution in [0.3, 0.4) is 0 Å². The zero-order chi connectivity index (χ0) is 78.9. The monoisotopic (exact) mass is 1550 g/mol. The third kappa shape index (κ3) is 78.3. The fourth-order valence-electron chi connectivity index (χ4n) is 10.2. The molecule has 0 fully saturated rings. The van der Waals surface area contributed by atoms with Crippen molar-refractivity contribution in [2.75, 3.05) is 39.6 Å². The highest BCUT2D eigenvalue weighted by molar-refractivity contribution is 7.47. The quantitative estimate of drug-likeness (QED) is 0.0169. The molecular formula is C89H144O17P2. The number of carbonyl (C=O) groups excluding carboxylic acids is 4.